The van der Waals surface area contributed by atoms with Crippen molar-refractivity contribution in [2.75, 3.05) is 19.8 Å². The van der Waals surface area contributed by atoms with Crippen molar-refractivity contribution >= 4 is 0 Å². The molecule has 92 valence electrons. The molecule has 1 aromatic rings. The van der Waals surface area contributed by atoms with E-state index in [4.69, 9.17) is 4.74 Å². The van der Waals surface area contributed by atoms with Gasteiger partial charge in [0.05, 0.1) is 13.2 Å². The molecule has 0 aromatic heterocycles. The molecule has 2 fully saturated rings. The van der Waals surface area contributed by atoms with Gasteiger partial charge in [0.15, 0.2) is 0 Å². The zero-order valence-electron chi connectivity index (χ0n) is 10.1. The van der Waals surface area contributed by atoms with E-state index in [2.05, 4.69) is 30.3 Å². The third-order valence-corrected chi connectivity index (χ3v) is 4.47. The van der Waals surface area contributed by atoms with Gasteiger partial charge in [-0.25, -0.2) is 0 Å². The van der Waals surface area contributed by atoms with E-state index in [0.29, 0.717) is 11.8 Å². The van der Waals surface area contributed by atoms with Crippen molar-refractivity contribution in [3.63, 3.8) is 0 Å². The lowest BCUT2D eigenvalue weighted by Crippen LogP contribution is -2.37. The van der Waals surface area contributed by atoms with E-state index in [0.717, 1.165) is 26.1 Å². The molecular formula is C15H20O2. The van der Waals surface area contributed by atoms with E-state index in [9.17, 15) is 5.11 Å². The fourth-order valence-electron chi connectivity index (χ4n) is 3.35. The van der Waals surface area contributed by atoms with Gasteiger partial charge in [0.2, 0.25) is 0 Å². The normalized spacial score (nSPS) is 36.8. The molecule has 1 saturated carbocycles. The molecule has 3 unspecified atom stereocenters. The standard InChI is InChI=1S/C15H20O2/c16-10-15(7-4-8-17-11-15)14-9-13(14)12-5-2-1-3-6-12/h1-3,5-6,13-14,16H,4,7-11H2. The lowest BCUT2D eigenvalue weighted by molar-refractivity contribution is -0.0522. The molecule has 17 heavy (non-hydrogen) atoms. The third-order valence-electron chi connectivity index (χ3n) is 4.47. The van der Waals surface area contributed by atoms with Crippen LogP contribution in [0.4, 0.5) is 0 Å². The van der Waals surface area contributed by atoms with Crippen molar-refractivity contribution in [2.24, 2.45) is 11.3 Å². The maximum absolute atomic E-state index is 9.74. The molecular weight excluding hydrogens is 212 g/mol. The van der Waals surface area contributed by atoms with Crippen LogP contribution in [0.1, 0.15) is 30.7 Å². The Labute approximate surface area is 103 Å². The van der Waals surface area contributed by atoms with Gasteiger partial charge in [-0.2, -0.15) is 0 Å². The SMILES string of the molecule is OCC1(C2CC2c2ccccc2)CCCOC1. The van der Waals surface area contributed by atoms with Crippen LogP contribution < -0.4 is 0 Å². The average Bonchev–Trinajstić information content (AvgIpc) is 3.21. The molecule has 0 radical (unpaired) electrons. The molecule has 2 aliphatic rings. The fourth-order valence-corrected chi connectivity index (χ4v) is 3.35. The van der Waals surface area contributed by atoms with Gasteiger partial charge in [-0.05, 0) is 36.7 Å². The van der Waals surface area contributed by atoms with Gasteiger partial charge in [0, 0.05) is 12.0 Å². The summed E-state index contributed by atoms with van der Waals surface area (Å²) in [6.45, 7) is 1.89. The van der Waals surface area contributed by atoms with Crippen molar-refractivity contribution in [1.82, 2.24) is 0 Å². The van der Waals surface area contributed by atoms with Crippen LogP contribution in [0.3, 0.4) is 0 Å². The molecule has 3 rings (SSSR count). The Balaban J connectivity index is 1.74. The minimum atomic E-state index is 0.0404. The number of aliphatic hydroxyl groups excluding tert-OH is 1. The summed E-state index contributed by atoms with van der Waals surface area (Å²) in [5, 5.41) is 9.74. The van der Waals surface area contributed by atoms with E-state index < -0.39 is 0 Å². The fraction of sp³-hybridized carbons (Fsp3) is 0.600. The van der Waals surface area contributed by atoms with Gasteiger partial charge in [0.25, 0.3) is 0 Å². The third kappa shape index (κ3) is 2.00. The van der Waals surface area contributed by atoms with Crippen LogP contribution in [-0.2, 0) is 4.74 Å². The van der Waals surface area contributed by atoms with Crippen LogP contribution in [0.15, 0.2) is 30.3 Å². The Morgan fingerprint density at radius 3 is 2.76 bits per heavy atom. The second-order valence-electron chi connectivity index (χ2n) is 5.54. The van der Waals surface area contributed by atoms with Gasteiger partial charge in [0.1, 0.15) is 0 Å². The second-order valence-corrected chi connectivity index (χ2v) is 5.54. The first-order valence-electron chi connectivity index (χ1n) is 6.59. The van der Waals surface area contributed by atoms with Crippen LogP contribution in [0.5, 0.6) is 0 Å². The first-order chi connectivity index (χ1) is 8.36. The average molecular weight is 232 g/mol. The van der Waals surface area contributed by atoms with E-state index in [1.54, 1.807) is 0 Å². The minimum absolute atomic E-state index is 0.0404. The Kier molecular flexibility index (Phi) is 2.93. The van der Waals surface area contributed by atoms with Gasteiger partial charge in [-0.3, -0.25) is 0 Å². The summed E-state index contributed by atoms with van der Waals surface area (Å²) in [6.07, 6.45) is 3.43. The zero-order chi connectivity index (χ0) is 11.7. The summed E-state index contributed by atoms with van der Waals surface area (Å²) < 4.78 is 5.60. The van der Waals surface area contributed by atoms with Crippen molar-refractivity contribution in [3.05, 3.63) is 35.9 Å². The van der Waals surface area contributed by atoms with Gasteiger partial charge in [-0.15, -0.1) is 0 Å². The molecule has 1 N–H and O–H groups in total. The molecule has 1 aliphatic carbocycles. The monoisotopic (exact) mass is 232 g/mol. The number of benzene rings is 1. The summed E-state index contributed by atoms with van der Waals surface area (Å²) in [5.41, 5.74) is 1.47. The number of aliphatic hydroxyl groups is 1. The molecule has 1 aromatic carbocycles. The molecule has 0 spiro atoms. The lowest BCUT2D eigenvalue weighted by Gasteiger charge is -2.36. The summed E-state index contributed by atoms with van der Waals surface area (Å²) >= 11 is 0. The van der Waals surface area contributed by atoms with Crippen LogP contribution in [0.25, 0.3) is 0 Å². The summed E-state index contributed by atoms with van der Waals surface area (Å²) in [5.74, 6) is 1.26. The molecule has 1 heterocycles. The van der Waals surface area contributed by atoms with Crippen LogP contribution >= 0.6 is 0 Å². The smallest absolute Gasteiger partial charge is 0.0547 e. The quantitative estimate of drug-likeness (QED) is 0.868. The highest BCUT2D eigenvalue weighted by Crippen LogP contribution is 2.59. The molecule has 1 saturated heterocycles. The minimum Gasteiger partial charge on any atom is -0.396 e. The molecule has 0 amide bonds. The Bertz CT molecular complexity index is 368. The highest BCUT2D eigenvalue weighted by molar-refractivity contribution is 5.27. The first-order valence-corrected chi connectivity index (χ1v) is 6.59. The number of hydrogen-bond acceptors (Lipinski definition) is 2. The largest absolute Gasteiger partial charge is 0.396 e. The lowest BCUT2D eigenvalue weighted by atomic mass is 9.77. The van der Waals surface area contributed by atoms with Crippen LogP contribution in [0, 0.1) is 11.3 Å². The maximum atomic E-state index is 9.74. The van der Waals surface area contributed by atoms with E-state index in [-0.39, 0.29) is 12.0 Å². The summed E-state index contributed by atoms with van der Waals surface area (Å²) in [7, 11) is 0. The molecule has 2 heteroatoms. The number of hydrogen-bond donors (Lipinski definition) is 1. The highest BCUT2D eigenvalue weighted by atomic mass is 16.5. The molecule has 3 atom stereocenters. The second kappa shape index (κ2) is 4.43. The highest BCUT2D eigenvalue weighted by Gasteiger charge is 2.53. The van der Waals surface area contributed by atoms with E-state index in [1.807, 2.05) is 0 Å². The van der Waals surface area contributed by atoms with Crippen LogP contribution in [-0.4, -0.2) is 24.9 Å². The van der Waals surface area contributed by atoms with Gasteiger partial charge < -0.3 is 9.84 Å². The number of rotatable bonds is 3. The molecule has 1 aliphatic heterocycles. The number of ether oxygens (including phenoxy) is 1. The zero-order valence-corrected chi connectivity index (χ0v) is 10.1. The van der Waals surface area contributed by atoms with E-state index >= 15 is 0 Å². The van der Waals surface area contributed by atoms with Gasteiger partial charge >= 0.3 is 0 Å². The Hall–Kier alpha value is -0.860. The van der Waals surface area contributed by atoms with Crippen molar-refractivity contribution in [3.8, 4) is 0 Å². The first kappa shape index (κ1) is 11.2. The van der Waals surface area contributed by atoms with Crippen LogP contribution in [0.2, 0.25) is 0 Å². The van der Waals surface area contributed by atoms with E-state index in [1.165, 1.54) is 12.0 Å². The Morgan fingerprint density at radius 2 is 2.12 bits per heavy atom. The topological polar surface area (TPSA) is 29.5 Å². The Morgan fingerprint density at radius 1 is 1.29 bits per heavy atom. The predicted octanol–water partition coefficient (Wildman–Crippen LogP) is 2.58. The molecule has 0 bridgehead atoms. The van der Waals surface area contributed by atoms with Crippen molar-refractivity contribution < 1.29 is 9.84 Å². The van der Waals surface area contributed by atoms with Crippen molar-refractivity contribution in [1.29, 1.82) is 0 Å². The van der Waals surface area contributed by atoms with Gasteiger partial charge in [-0.1, -0.05) is 30.3 Å². The summed E-state index contributed by atoms with van der Waals surface area (Å²) in [6, 6.07) is 10.7. The summed E-state index contributed by atoms with van der Waals surface area (Å²) in [4.78, 5) is 0. The molecule has 2 nitrogen and oxygen atoms in total. The van der Waals surface area contributed by atoms with Crippen molar-refractivity contribution in [2.45, 2.75) is 25.2 Å². The predicted molar refractivity (Wildman–Crippen MR) is 66.9 cm³/mol. The maximum Gasteiger partial charge on any atom is 0.0547 e.